The summed E-state index contributed by atoms with van der Waals surface area (Å²) in [6.45, 7) is 0. The molecule has 20 heavy (non-hydrogen) atoms. The predicted octanol–water partition coefficient (Wildman–Crippen LogP) is 0.900. The minimum atomic E-state index is -4.56. The van der Waals surface area contributed by atoms with Gasteiger partial charge in [0.15, 0.2) is 0 Å². The van der Waals surface area contributed by atoms with E-state index in [1.165, 1.54) is 0 Å². The van der Waals surface area contributed by atoms with Gasteiger partial charge in [0.1, 0.15) is 17.7 Å². The van der Waals surface area contributed by atoms with E-state index >= 15 is 0 Å². The first-order valence-electron chi connectivity index (χ1n) is 5.70. The third kappa shape index (κ3) is 3.16. The maximum atomic E-state index is 12.6. The molecule has 9 heteroatoms. The summed E-state index contributed by atoms with van der Waals surface area (Å²) in [7, 11) is 0. The molecule has 1 unspecified atom stereocenters. The average molecular weight is 288 g/mol. The number of anilines is 2. The minimum Gasteiger partial charge on any atom is -0.384 e. The van der Waals surface area contributed by atoms with Gasteiger partial charge in [-0.1, -0.05) is 0 Å². The van der Waals surface area contributed by atoms with Crippen LogP contribution >= 0.6 is 0 Å². The third-order valence-electron chi connectivity index (χ3n) is 2.73. The van der Waals surface area contributed by atoms with Crippen molar-refractivity contribution in [3.8, 4) is 0 Å². The molecule has 1 aromatic rings. The zero-order valence-electron chi connectivity index (χ0n) is 10.1. The van der Waals surface area contributed by atoms with Gasteiger partial charge >= 0.3 is 6.18 Å². The second-order valence-corrected chi connectivity index (χ2v) is 4.31. The van der Waals surface area contributed by atoms with Crippen molar-refractivity contribution in [2.45, 2.75) is 25.1 Å². The van der Waals surface area contributed by atoms with E-state index in [-0.39, 0.29) is 24.5 Å². The van der Waals surface area contributed by atoms with Crippen LogP contribution in [0.1, 0.15) is 18.4 Å². The molecule has 1 fully saturated rings. The molecule has 0 aromatic carbocycles. The van der Waals surface area contributed by atoms with Crippen molar-refractivity contribution in [3.05, 3.63) is 17.7 Å². The molecule has 0 aliphatic carbocycles. The largest absolute Gasteiger partial charge is 0.416 e. The molecule has 2 heterocycles. The number of carbonyl (C=O) groups excluding carboxylic acids is 2. The van der Waals surface area contributed by atoms with Crippen molar-refractivity contribution in [2.75, 3.05) is 11.1 Å². The molecule has 108 valence electrons. The van der Waals surface area contributed by atoms with Crippen molar-refractivity contribution < 1.29 is 22.8 Å². The molecule has 1 atom stereocenters. The van der Waals surface area contributed by atoms with Crippen molar-refractivity contribution in [3.63, 3.8) is 0 Å². The number of nitrogens with one attached hydrogen (secondary N) is 2. The van der Waals surface area contributed by atoms with E-state index in [1.807, 2.05) is 0 Å². The van der Waals surface area contributed by atoms with Crippen LogP contribution in [0.2, 0.25) is 0 Å². The van der Waals surface area contributed by atoms with Crippen LogP contribution in [0, 0.1) is 0 Å². The van der Waals surface area contributed by atoms with Crippen molar-refractivity contribution in [1.29, 1.82) is 0 Å². The SMILES string of the molecule is Nc1cc(C(F)(F)F)cc(NC2CCC(=O)NC2=O)n1. The van der Waals surface area contributed by atoms with E-state index in [2.05, 4.69) is 15.6 Å². The first kappa shape index (κ1) is 14.1. The first-order chi connectivity index (χ1) is 9.25. The number of carbonyl (C=O) groups is 2. The van der Waals surface area contributed by atoms with E-state index in [0.717, 1.165) is 6.07 Å². The number of nitrogens with two attached hydrogens (primary N) is 1. The van der Waals surface area contributed by atoms with Crippen LogP contribution in [-0.2, 0) is 15.8 Å². The van der Waals surface area contributed by atoms with Crippen LogP contribution < -0.4 is 16.4 Å². The molecule has 2 rings (SSSR count). The minimum absolute atomic E-state index is 0.109. The normalized spacial score (nSPS) is 19.6. The van der Waals surface area contributed by atoms with Crippen molar-refractivity contribution >= 4 is 23.5 Å². The number of hydrogen-bond acceptors (Lipinski definition) is 5. The fourth-order valence-electron chi connectivity index (χ4n) is 1.80. The van der Waals surface area contributed by atoms with Gasteiger partial charge in [0.25, 0.3) is 0 Å². The smallest absolute Gasteiger partial charge is 0.384 e. The van der Waals surface area contributed by atoms with E-state index in [0.29, 0.717) is 6.07 Å². The van der Waals surface area contributed by atoms with Crippen LogP contribution in [0.5, 0.6) is 0 Å². The van der Waals surface area contributed by atoms with E-state index in [4.69, 9.17) is 5.73 Å². The van der Waals surface area contributed by atoms with E-state index in [1.54, 1.807) is 0 Å². The molecule has 2 amide bonds. The molecule has 1 aromatic heterocycles. The number of rotatable bonds is 2. The van der Waals surface area contributed by atoms with E-state index in [9.17, 15) is 22.8 Å². The number of hydrogen-bond donors (Lipinski definition) is 3. The molecule has 4 N–H and O–H groups in total. The number of imide groups is 1. The Labute approximate surface area is 111 Å². The Morgan fingerprint density at radius 3 is 2.65 bits per heavy atom. The summed E-state index contributed by atoms with van der Waals surface area (Å²) >= 11 is 0. The fraction of sp³-hybridized carbons (Fsp3) is 0.364. The maximum absolute atomic E-state index is 12.6. The van der Waals surface area contributed by atoms with Gasteiger partial charge in [-0.3, -0.25) is 14.9 Å². The number of nitrogen functional groups attached to an aromatic ring is 1. The molecule has 0 radical (unpaired) electrons. The number of halogens is 3. The second kappa shape index (κ2) is 4.99. The highest BCUT2D eigenvalue weighted by Gasteiger charge is 2.32. The molecule has 0 bridgehead atoms. The van der Waals surface area contributed by atoms with Gasteiger partial charge in [-0.05, 0) is 18.6 Å². The monoisotopic (exact) mass is 288 g/mol. The third-order valence-corrected chi connectivity index (χ3v) is 2.73. The Morgan fingerprint density at radius 1 is 1.35 bits per heavy atom. The quantitative estimate of drug-likeness (QED) is 0.702. The lowest BCUT2D eigenvalue weighted by Crippen LogP contribution is -2.47. The Kier molecular flexibility index (Phi) is 3.51. The number of aromatic nitrogens is 1. The number of alkyl halides is 3. The highest BCUT2D eigenvalue weighted by molar-refractivity contribution is 6.01. The lowest BCUT2D eigenvalue weighted by atomic mass is 10.1. The summed E-state index contributed by atoms with van der Waals surface area (Å²) < 4.78 is 37.9. The number of piperidine rings is 1. The summed E-state index contributed by atoms with van der Waals surface area (Å²) in [5.74, 6) is -1.48. The maximum Gasteiger partial charge on any atom is 0.416 e. The molecule has 1 aliphatic rings. The Bertz CT molecular complexity index is 559. The second-order valence-electron chi connectivity index (χ2n) is 4.31. The van der Waals surface area contributed by atoms with Gasteiger partial charge in [-0.15, -0.1) is 0 Å². The highest BCUT2D eigenvalue weighted by atomic mass is 19.4. The molecule has 6 nitrogen and oxygen atoms in total. The molecule has 0 spiro atoms. The summed E-state index contributed by atoms with van der Waals surface area (Å²) in [6, 6.07) is 0.651. The fourth-order valence-corrected chi connectivity index (χ4v) is 1.80. The van der Waals surface area contributed by atoms with Crippen LogP contribution in [0.15, 0.2) is 12.1 Å². The molecular weight excluding hydrogens is 277 g/mol. The zero-order valence-corrected chi connectivity index (χ0v) is 10.1. The van der Waals surface area contributed by atoms with Gasteiger partial charge in [0.05, 0.1) is 5.56 Å². The lowest BCUT2D eigenvalue weighted by molar-refractivity contribution is -0.137. The number of nitrogens with zero attached hydrogens (tertiary/aromatic N) is 1. The van der Waals surface area contributed by atoms with Gasteiger partial charge in [0.2, 0.25) is 11.8 Å². The number of pyridine rings is 1. The van der Waals surface area contributed by atoms with Gasteiger partial charge in [0, 0.05) is 6.42 Å². The molecule has 1 saturated heterocycles. The van der Waals surface area contributed by atoms with Gasteiger partial charge in [-0.25, -0.2) is 4.98 Å². The molecular formula is C11H11F3N4O2. The summed E-state index contributed by atoms with van der Waals surface area (Å²) in [5, 5.41) is 4.64. The Balaban J connectivity index is 2.19. The van der Waals surface area contributed by atoms with Gasteiger partial charge in [-0.2, -0.15) is 13.2 Å². The highest BCUT2D eigenvalue weighted by Crippen LogP contribution is 2.31. The summed E-state index contributed by atoms with van der Waals surface area (Å²) in [5.41, 5.74) is 4.35. The van der Waals surface area contributed by atoms with Crippen LogP contribution in [0.4, 0.5) is 24.8 Å². The van der Waals surface area contributed by atoms with Gasteiger partial charge < -0.3 is 11.1 Å². The first-order valence-corrected chi connectivity index (χ1v) is 5.70. The predicted molar refractivity (Wildman–Crippen MR) is 63.4 cm³/mol. The lowest BCUT2D eigenvalue weighted by Gasteiger charge is -2.22. The molecule has 0 saturated carbocycles. The standard InChI is InChI=1S/C11H11F3N4O2/c12-11(13,14)5-3-7(15)17-8(4-5)16-6-1-2-9(19)18-10(6)20/h3-4,6H,1-2H2,(H3,15,16,17)(H,18,19,20). The van der Waals surface area contributed by atoms with Crippen LogP contribution in [0.25, 0.3) is 0 Å². The zero-order chi connectivity index (χ0) is 14.9. The van der Waals surface area contributed by atoms with E-state index < -0.39 is 29.6 Å². The van der Waals surface area contributed by atoms with Crippen LogP contribution in [0.3, 0.4) is 0 Å². The number of amides is 2. The van der Waals surface area contributed by atoms with Crippen molar-refractivity contribution in [1.82, 2.24) is 10.3 Å². The van der Waals surface area contributed by atoms with Crippen LogP contribution in [-0.4, -0.2) is 22.8 Å². The van der Waals surface area contributed by atoms with Crippen molar-refractivity contribution in [2.24, 2.45) is 0 Å². The molecule has 1 aliphatic heterocycles. The summed E-state index contributed by atoms with van der Waals surface area (Å²) in [4.78, 5) is 26.2. The Hall–Kier alpha value is -2.32. The average Bonchev–Trinajstić information content (AvgIpc) is 2.31. The topological polar surface area (TPSA) is 97.1 Å². The summed E-state index contributed by atoms with van der Waals surface area (Å²) in [6.07, 6.45) is -4.27. The Morgan fingerprint density at radius 2 is 2.05 bits per heavy atom.